The van der Waals surface area contributed by atoms with E-state index in [-0.39, 0.29) is 5.78 Å². The third kappa shape index (κ3) is 2.78. The molecule has 86 valence electrons. The summed E-state index contributed by atoms with van der Waals surface area (Å²) in [6.45, 7) is 3.68. The first-order chi connectivity index (χ1) is 8.16. The average molecular weight is 225 g/mol. The molecule has 1 aromatic heterocycles. The van der Waals surface area contributed by atoms with E-state index in [1.807, 2.05) is 36.5 Å². The van der Waals surface area contributed by atoms with Gasteiger partial charge in [0.15, 0.2) is 0 Å². The number of benzene rings is 1. The standard InChI is InChI=1S/C15H15NO/c1-11-7-8-16-10-15(11)14-5-3-13(4-6-14)9-12(2)17/h3-8,10H,9H2,1-2H3. The fraction of sp³-hybridized carbons (Fsp3) is 0.200. The molecule has 0 unspecified atom stereocenters. The van der Waals surface area contributed by atoms with E-state index < -0.39 is 0 Å². The minimum atomic E-state index is 0.190. The Balaban J connectivity index is 2.30. The van der Waals surface area contributed by atoms with E-state index in [0.29, 0.717) is 6.42 Å². The Hall–Kier alpha value is -1.96. The monoisotopic (exact) mass is 225 g/mol. The van der Waals surface area contributed by atoms with Crippen LogP contribution in [0.15, 0.2) is 42.7 Å². The van der Waals surface area contributed by atoms with Gasteiger partial charge in [-0.3, -0.25) is 9.78 Å². The van der Waals surface area contributed by atoms with Gasteiger partial charge >= 0.3 is 0 Å². The summed E-state index contributed by atoms with van der Waals surface area (Å²) in [5, 5.41) is 0. The summed E-state index contributed by atoms with van der Waals surface area (Å²) in [5.74, 6) is 0.190. The predicted molar refractivity (Wildman–Crippen MR) is 68.8 cm³/mol. The van der Waals surface area contributed by atoms with Crippen molar-refractivity contribution in [1.29, 1.82) is 0 Å². The maximum Gasteiger partial charge on any atom is 0.134 e. The molecule has 17 heavy (non-hydrogen) atoms. The van der Waals surface area contributed by atoms with Gasteiger partial charge in [0, 0.05) is 24.4 Å². The van der Waals surface area contributed by atoms with E-state index in [1.165, 1.54) is 5.56 Å². The van der Waals surface area contributed by atoms with Gasteiger partial charge in [-0.1, -0.05) is 24.3 Å². The SMILES string of the molecule is CC(=O)Cc1ccc(-c2cnccc2C)cc1. The summed E-state index contributed by atoms with van der Waals surface area (Å²) < 4.78 is 0. The van der Waals surface area contributed by atoms with Gasteiger partial charge in [0.1, 0.15) is 5.78 Å². The highest BCUT2D eigenvalue weighted by atomic mass is 16.1. The van der Waals surface area contributed by atoms with Crippen LogP contribution in [0.25, 0.3) is 11.1 Å². The van der Waals surface area contributed by atoms with Gasteiger partial charge in [-0.2, -0.15) is 0 Å². The quantitative estimate of drug-likeness (QED) is 0.803. The molecule has 2 nitrogen and oxygen atoms in total. The molecule has 0 amide bonds. The molecule has 0 aliphatic rings. The summed E-state index contributed by atoms with van der Waals surface area (Å²) in [6.07, 6.45) is 4.17. The Kier molecular flexibility index (Phi) is 3.33. The Morgan fingerprint density at radius 1 is 1.18 bits per heavy atom. The van der Waals surface area contributed by atoms with Crippen LogP contribution in [0.4, 0.5) is 0 Å². The number of hydrogen-bond donors (Lipinski definition) is 0. The summed E-state index contributed by atoms with van der Waals surface area (Å²) in [7, 11) is 0. The maximum absolute atomic E-state index is 11.0. The van der Waals surface area contributed by atoms with Crippen LogP contribution in [0, 0.1) is 6.92 Å². The van der Waals surface area contributed by atoms with Crippen LogP contribution in [0.1, 0.15) is 18.1 Å². The first-order valence-electron chi connectivity index (χ1n) is 5.66. The Labute approximate surface area is 101 Å². The third-order valence-electron chi connectivity index (χ3n) is 2.76. The zero-order valence-corrected chi connectivity index (χ0v) is 10.1. The maximum atomic E-state index is 11.0. The molecule has 1 aromatic carbocycles. The van der Waals surface area contributed by atoms with Crippen molar-refractivity contribution in [2.75, 3.05) is 0 Å². The second-order valence-corrected chi connectivity index (χ2v) is 4.27. The van der Waals surface area contributed by atoms with Crippen molar-refractivity contribution in [2.45, 2.75) is 20.3 Å². The van der Waals surface area contributed by atoms with Crippen LogP contribution in [0.5, 0.6) is 0 Å². The molecular formula is C15H15NO. The number of hydrogen-bond acceptors (Lipinski definition) is 2. The van der Waals surface area contributed by atoms with Crippen molar-refractivity contribution in [2.24, 2.45) is 0 Å². The highest BCUT2D eigenvalue weighted by Crippen LogP contribution is 2.22. The van der Waals surface area contributed by atoms with E-state index in [1.54, 1.807) is 13.1 Å². The van der Waals surface area contributed by atoms with Gasteiger partial charge in [-0.05, 0) is 36.6 Å². The molecule has 0 N–H and O–H groups in total. The highest BCUT2D eigenvalue weighted by Gasteiger charge is 2.02. The fourth-order valence-corrected chi connectivity index (χ4v) is 1.86. The van der Waals surface area contributed by atoms with E-state index >= 15 is 0 Å². The van der Waals surface area contributed by atoms with Gasteiger partial charge in [-0.15, -0.1) is 0 Å². The van der Waals surface area contributed by atoms with Crippen LogP contribution < -0.4 is 0 Å². The lowest BCUT2D eigenvalue weighted by atomic mass is 10.0. The molecule has 0 atom stereocenters. The Morgan fingerprint density at radius 3 is 2.47 bits per heavy atom. The third-order valence-corrected chi connectivity index (χ3v) is 2.76. The van der Waals surface area contributed by atoms with Crippen molar-refractivity contribution < 1.29 is 4.79 Å². The zero-order valence-electron chi connectivity index (χ0n) is 10.1. The minimum absolute atomic E-state index is 0.190. The molecule has 0 saturated heterocycles. The molecule has 0 aliphatic carbocycles. The summed E-state index contributed by atoms with van der Waals surface area (Å²) in [4.78, 5) is 15.2. The molecule has 2 rings (SSSR count). The first kappa shape index (κ1) is 11.5. The van der Waals surface area contributed by atoms with Gasteiger partial charge < -0.3 is 0 Å². The number of ketones is 1. The zero-order chi connectivity index (χ0) is 12.3. The number of carbonyl (C=O) groups excluding carboxylic acids is 1. The lowest BCUT2D eigenvalue weighted by Crippen LogP contribution is -1.95. The minimum Gasteiger partial charge on any atom is -0.300 e. The molecule has 0 aliphatic heterocycles. The van der Waals surface area contributed by atoms with E-state index in [9.17, 15) is 4.79 Å². The van der Waals surface area contributed by atoms with Crippen LogP contribution in [0.2, 0.25) is 0 Å². The van der Waals surface area contributed by atoms with Crippen LogP contribution in [0.3, 0.4) is 0 Å². The number of aryl methyl sites for hydroxylation is 1. The topological polar surface area (TPSA) is 30.0 Å². The molecule has 0 radical (unpaired) electrons. The lowest BCUT2D eigenvalue weighted by molar-refractivity contribution is -0.116. The number of Topliss-reactive ketones (excluding diaryl/α,β-unsaturated/α-hetero) is 1. The first-order valence-corrected chi connectivity index (χ1v) is 5.66. The molecule has 2 heteroatoms. The number of rotatable bonds is 3. The molecule has 1 heterocycles. The van der Waals surface area contributed by atoms with E-state index in [2.05, 4.69) is 11.9 Å². The smallest absolute Gasteiger partial charge is 0.134 e. The molecule has 0 spiro atoms. The van der Waals surface area contributed by atoms with Crippen molar-refractivity contribution in [3.63, 3.8) is 0 Å². The second-order valence-electron chi connectivity index (χ2n) is 4.27. The average Bonchev–Trinajstić information content (AvgIpc) is 2.30. The van der Waals surface area contributed by atoms with Crippen molar-refractivity contribution in [3.05, 3.63) is 53.9 Å². The predicted octanol–water partition coefficient (Wildman–Crippen LogP) is 3.19. The molecule has 2 aromatic rings. The fourth-order valence-electron chi connectivity index (χ4n) is 1.86. The highest BCUT2D eigenvalue weighted by molar-refractivity contribution is 5.78. The van der Waals surface area contributed by atoms with Crippen molar-refractivity contribution in [1.82, 2.24) is 4.98 Å². The molecule has 0 fully saturated rings. The summed E-state index contributed by atoms with van der Waals surface area (Å²) in [6, 6.07) is 10.1. The van der Waals surface area contributed by atoms with Crippen molar-refractivity contribution in [3.8, 4) is 11.1 Å². The molecule has 0 saturated carbocycles. The molecule has 0 bridgehead atoms. The lowest BCUT2D eigenvalue weighted by Gasteiger charge is -2.06. The van der Waals surface area contributed by atoms with Gasteiger partial charge in [0.05, 0.1) is 0 Å². The van der Waals surface area contributed by atoms with E-state index in [4.69, 9.17) is 0 Å². The number of aromatic nitrogens is 1. The normalized spacial score (nSPS) is 10.2. The van der Waals surface area contributed by atoms with Gasteiger partial charge in [0.25, 0.3) is 0 Å². The summed E-state index contributed by atoms with van der Waals surface area (Å²) in [5.41, 5.74) is 4.55. The molecular weight excluding hydrogens is 210 g/mol. The number of carbonyl (C=O) groups is 1. The van der Waals surface area contributed by atoms with Crippen LogP contribution >= 0.6 is 0 Å². The Bertz CT molecular complexity index is 529. The number of pyridine rings is 1. The largest absolute Gasteiger partial charge is 0.300 e. The van der Waals surface area contributed by atoms with Crippen molar-refractivity contribution >= 4 is 5.78 Å². The van der Waals surface area contributed by atoms with Crippen LogP contribution in [-0.4, -0.2) is 10.8 Å². The number of nitrogens with zero attached hydrogens (tertiary/aromatic N) is 1. The van der Waals surface area contributed by atoms with E-state index in [0.717, 1.165) is 16.7 Å². The second kappa shape index (κ2) is 4.91. The van der Waals surface area contributed by atoms with Gasteiger partial charge in [-0.25, -0.2) is 0 Å². The van der Waals surface area contributed by atoms with Gasteiger partial charge in [0.2, 0.25) is 0 Å². The summed E-state index contributed by atoms with van der Waals surface area (Å²) >= 11 is 0. The Morgan fingerprint density at radius 2 is 1.88 bits per heavy atom. The van der Waals surface area contributed by atoms with Crippen LogP contribution in [-0.2, 0) is 11.2 Å².